The maximum absolute atomic E-state index is 12.1. The number of rotatable bonds is 4. The van der Waals surface area contributed by atoms with E-state index in [0.29, 0.717) is 12.3 Å². The van der Waals surface area contributed by atoms with Crippen LogP contribution in [0.15, 0.2) is 121 Å². The summed E-state index contributed by atoms with van der Waals surface area (Å²) in [5.41, 5.74) is 0. The van der Waals surface area contributed by atoms with Crippen LogP contribution < -0.4 is 21.2 Å². The molecule has 2 nitrogen and oxygen atoms in total. The first-order valence-electron chi connectivity index (χ1n) is 11.3. The van der Waals surface area contributed by atoms with E-state index in [1.807, 2.05) is 24.3 Å². The van der Waals surface area contributed by atoms with Gasteiger partial charge in [-0.05, 0) is 0 Å². The van der Waals surface area contributed by atoms with E-state index in [4.69, 9.17) is 0 Å². The van der Waals surface area contributed by atoms with Gasteiger partial charge in [0.05, 0.1) is 0 Å². The van der Waals surface area contributed by atoms with Gasteiger partial charge < -0.3 is 0 Å². The molecular formula is C28H30O2P2. The fourth-order valence-electron chi connectivity index (χ4n) is 5.75. The Hall–Kier alpha value is -2.34. The van der Waals surface area contributed by atoms with Gasteiger partial charge in [-0.3, -0.25) is 0 Å². The van der Waals surface area contributed by atoms with Crippen LogP contribution in [0.2, 0.25) is 0 Å². The van der Waals surface area contributed by atoms with Crippen LogP contribution in [0.3, 0.4) is 0 Å². The maximum atomic E-state index is 12.1. The summed E-state index contributed by atoms with van der Waals surface area (Å²) in [7, 11) is -5.23. The van der Waals surface area contributed by atoms with Crippen molar-refractivity contribution in [2.24, 2.45) is 0 Å². The molecule has 4 aromatic carbocycles. The first-order valence-corrected chi connectivity index (χ1v) is 15.8. The van der Waals surface area contributed by atoms with Gasteiger partial charge >= 0.3 is 191 Å². The molecule has 0 bridgehead atoms. The Balaban J connectivity index is 1.71. The second-order valence-electron chi connectivity index (χ2n) is 8.85. The SMILES string of the molecule is OC1C[PH](c2ccccc2)(c2ccccc2)C(O)C[PH]1(c1ccccc1)c1ccccc1. The fraction of sp³-hybridized carbons (Fsp3) is 0.143. The van der Waals surface area contributed by atoms with Crippen molar-refractivity contribution in [3.8, 4) is 0 Å². The van der Waals surface area contributed by atoms with E-state index in [1.54, 1.807) is 0 Å². The van der Waals surface area contributed by atoms with Gasteiger partial charge in [-0.15, -0.1) is 0 Å². The van der Waals surface area contributed by atoms with Crippen LogP contribution in [0.5, 0.6) is 0 Å². The molecule has 0 amide bonds. The summed E-state index contributed by atoms with van der Waals surface area (Å²) in [4.78, 5) is 0. The summed E-state index contributed by atoms with van der Waals surface area (Å²) < 4.78 is 0. The molecule has 4 aromatic rings. The van der Waals surface area contributed by atoms with Crippen LogP contribution in [0.1, 0.15) is 0 Å². The molecule has 1 heterocycles. The molecule has 0 saturated carbocycles. The topological polar surface area (TPSA) is 40.5 Å². The van der Waals surface area contributed by atoms with Gasteiger partial charge in [0.2, 0.25) is 0 Å². The number of hydrogen-bond donors (Lipinski definition) is 2. The molecular weight excluding hydrogens is 430 g/mol. The molecule has 0 radical (unpaired) electrons. The summed E-state index contributed by atoms with van der Waals surface area (Å²) in [6.45, 7) is 0. The molecule has 32 heavy (non-hydrogen) atoms. The average Bonchev–Trinajstić information content (AvgIpc) is 2.87. The zero-order chi connectivity index (χ0) is 22.0. The van der Waals surface area contributed by atoms with E-state index in [2.05, 4.69) is 97.1 Å². The Kier molecular flexibility index (Phi) is 5.97. The molecule has 0 spiro atoms. The molecule has 1 saturated heterocycles. The van der Waals surface area contributed by atoms with E-state index in [0.717, 1.165) is 0 Å². The van der Waals surface area contributed by atoms with Gasteiger partial charge in [0, 0.05) is 0 Å². The van der Waals surface area contributed by atoms with Crippen LogP contribution in [0.25, 0.3) is 0 Å². The zero-order valence-electron chi connectivity index (χ0n) is 18.0. The van der Waals surface area contributed by atoms with E-state index in [1.165, 1.54) is 21.2 Å². The predicted octanol–water partition coefficient (Wildman–Crippen LogP) is 3.44. The third kappa shape index (κ3) is 3.43. The Morgan fingerprint density at radius 3 is 0.844 bits per heavy atom. The quantitative estimate of drug-likeness (QED) is 0.458. The van der Waals surface area contributed by atoms with E-state index >= 15 is 0 Å². The minimum atomic E-state index is -2.62. The minimum absolute atomic E-state index is 0.484. The Morgan fingerprint density at radius 2 is 0.625 bits per heavy atom. The van der Waals surface area contributed by atoms with Crippen LogP contribution in [-0.2, 0) is 0 Å². The molecule has 1 aliphatic heterocycles. The zero-order valence-corrected chi connectivity index (χ0v) is 20.0. The molecule has 4 heteroatoms. The first-order chi connectivity index (χ1) is 15.7. The van der Waals surface area contributed by atoms with Crippen molar-refractivity contribution in [3.63, 3.8) is 0 Å². The van der Waals surface area contributed by atoms with Crippen LogP contribution in [0, 0.1) is 0 Å². The monoisotopic (exact) mass is 460 g/mol. The predicted molar refractivity (Wildman–Crippen MR) is 143 cm³/mol. The van der Waals surface area contributed by atoms with Crippen molar-refractivity contribution in [2.75, 3.05) is 12.3 Å². The van der Waals surface area contributed by atoms with E-state index < -0.39 is 26.2 Å². The third-order valence-corrected chi connectivity index (χ3v) is 18.3. The second-order valence-corrected chi connectivity index (χ2v) is 17.2. The van der Waals surface area contributed by atoms with Crippen molar-refractivity contribution in [1.82, 2.24) is 0 Å². The van der Waals surface area contributed by atoms with Crippen molar-refractivity contribution in [3.05, 3.63) is 121 Å². The van der Waals surface area contributed by atoms with Gasteiger partial charge in [-0.25, -0.2) is 0 Å². The summed E-state index contributed by atoms with van der Waals surface area (Å²) in [6, 6.07) is 41.7. The van der Waals surface area contributed by atoms with Crippen LogP contribution in [-0.4, -0.2) is 34.2 Å². The summed E-state index contributed by atoms with van der Waals surface area (Å²) in [5.74, 6) is -0.967. The summed E-state index contributed by atoms with van der Waals surface area (Å²) >= 11 is 0. The molecule has 0 aromatic heterocycles. The van der Waals surface area contributed by atoms with Crippen LogP contribution in [0.4, 0.5) is 0 Å². The number of aliphatic hydroxyl groups excluding tert-OH is 2. The fourth-order valence-corrected chi connectivity index (χ4v) is 18.5. The Labute approximate surface area is 191 Å². The van der Waals surface area contributed by atoms with Gasteiger partial charge in [0.25, 0.3) is 0 Å². The number of benzene rings is 4. The normalized spacial score (nSPS) is 23.7. The first kappa shape index (κ1) is 21.5. The van der Waals surface area contributed by atoms with Gasteiger partial charge in [-0.1, -0.05) is 0 Å². The van der Waals surface area contributed by atoms with Crippen molar-refractivity contribution >= 4 is 35.7 Å². The number of hydrogen-bond acceptors (Lipinski definition) is 2. The number of aliphatic hydroxyl groups is 2. The Bertz CT molecular complexity index is 977. The molecule has 0 aliphatic carbocycles. The van der Waals surface area contributed by atoms with Crippen molar-refractivity contribution < 1.29 is 10.2 Å². The molecule has 164 valence electrons. The summed E-state index contributed by atoms with van der Waals surface area (Å²) in [5, 5.41) is 29.0. The van der Waals surface area contributed by atoms with Gasteiger partial charge in [-0.2, -0.15) is 0 Å². The summed E-state index contributed by atoms with van der Waals surface area (Å²) in [6.07, 6.45) is 1.25. The van der Waals surface area contributed by atoms with Gasteiger partial charge in [0.15, 0.2) is 0 Å². The van der Waals surface area contributed by atoms with Crippen molar-refractivity contribution in [2.45, 2.75) is 11.7 Å². The van der Waals surface area contributed by atoms with E-state index in [9.17, 15) is 10.2 Å². The molecule has 2 atom stereocenters. The molecule has 2 unspecified atom stereocenters. The standard InChI is InChI=1S/C28H30O2P2/c29-27-22-32(25-17-9-3-10-18-25,26-19-11-4-12-20-26)28(30)21-31(27,23-13-5-1-6-14-23)24-15-7-2-8-16-24/h1-20,27-32H,21-22H2. The molecule has 5 rings (SSSR count). The molecule has 2 N–H and O–H groups in total. The van der Waals surface area contributed by atoms with E-state index in [-0.39, 0.29) is 0 Å². The van der Waals surface area contributed by atoms with Crippen LogP contribution >= 0.6 is 14.5 Å². The molecule has 1 aliphatic rings. The second kappa shape index (κ2) is 8.89. The van der Waals surface area contributed by atoms with Crippen molar-refractivity contribution in [1.29, 1.82) is 0 Å². The average molecular weight is 460 g/mol. The Morgan fingerprint density at radius 1 is 0.406 bits per heavy atom. The molecule has 1 fully saturated rings. The third-order valence-electron chi connectivity index (χ3n) is 7.32. The van der Waals surface area contributed by atoms with Gasteiger partial charge in [0.1, 0.15) is 0 Å².